The zero-order chi connectivity index (χ0) is 22.0. The normalized spacial score (nSPS) is 11.1. The number of ether oxygens (including phenoxy) is 2. The van der Waals surface area contributed by atoms with Gasteiger partial charge in [-0.3, -0.25) is 4.79 Å². The first kappa shape index (κ1) is 20.7. The minimum Gasteiger partial charge on any atom is -0.497 e. The van der Waals surface area contributed by atoms with Crippen molar-refractivity contribution >= 4 is 22.5 Å². The summed E-state index contributed by atoms with van der Waals surface area (Å²) in [5.74, 6) is 1.38. The molecular weight excluding hydrogens is 392 g/mol. The van der Waals surface area contributed by atoms with Gasteiger partial charge in [0, 0.05) is 41.4 Å². The minimum absolute atomic E-state index is 0.0256. The highest BCUT2D eigenvalue weighted by Crippen LogP contribution is 2.25. The fraction of sp³-hybridized carbons (Fsp3) is 0.292. The van der Waals surface area contributed by atoms with Crippen molar-refractivity contribution in [2.75, 3.05) is 14.2 Å². The monoisotopic (exact) mass is 418 g/mol. The lowest BCUT2D eigenvalue weighted by atomic mass is 10.1. The van der Waals surface area contributed by atoms with Crippen LogP contribution in [0, 0.1) is 13.8 Å². The first-order valence-electron chi connectivity index (χ1n) is 10.2. The fourth-order valence-electron chi connectivity index (χ4n) is 3.86. The smallest absolute Gasteiger partial charge is 0.220 e. The number of hydrogen-bond donors (Lipinski definition) is 1. The molecule has 0 bridgehead atoms. The molecule has 0 saturated heterocycles. The molecule has 7 nitrogen and oxygen atoms in total. The van der Waals surface area contributed by atoms with Gasteiger partial charge < -0.3 is 14.8 Å². The Labute approximate surface area is 181 Å². The molecule has 4 rings (SSSR count). The van der Waals surface area contributed by atoms with E-state index in [0.29, 0.717) is 30.9 Å². The van der Waals surface area contributed by atoms with E-state index in [9.17, 15) is 4.79 Å². The molecule has 160 valence electrons. The van der Waals surface area contributed by atoms with Gasteiger partial charge in [-0.05, 0) is 50.1 Å². The molecule has 2 aromatic heterocycles. The molecule has 7 heteroatoms. The van der Waals surface area contributed by atoms with Crippen LogP contribution in [-0.4, -0.2) is 34.7 Å². The Morgan fingerprint density at radius 3 is 2.68 bits per heavy atom. The SMILES string of the molecule is COc1ccc(CNC(=O)CCc2c(C)nc3c4ccccc4nn3c2C)c(OC)c1. The lowest BCUT2D eigenvalue weighted by Gasteiger charge is -2.13. The van der Waals surface area contributed by atoms with E-state index in [0.717, 1.165) is 39.1 Å². The first-order chi connectivity index (χ1) is 15.0. The maximum atomic E-state index is 12.5. The van der Waals surface area contributed by atoms with Gasteiger partial charge in [0.15, 0.2) is 5.65 Å². The molecule has 2 heterocycles. The summed E-state index contributed by atoms with van der Waals surface area (Å²) >= 11 is 0. The van der Waals surface area contributed by atoms with Crippen LogP contribution in [0.15, 0.2) is 42.5 Å². The summed E-state index contributed by atoms with van der Waals surface area (Å²) < 4.78 is 12.5. The Bertz CT molecular complexity index is 1260. The predicted octanol–water partition coefficient (Wildman–Crippen LogP) is 3.77. The van der Waals surface area contributed by atoms with Crippen molar-refractivity contribution in [2.45, 2.75) is 33.2 Å². The second kappa shape index (κ2) is 8.63. The summed E-state index contributed by atoms with van der Waals surface area (Å²) in [5.41, 5.74) is 5.67. The number of hydrogen-bond acceptors (Lipinski definition) is 5. The van der Waals surface area contributed by atoms with Crippen LogP contribution in [0.4, 0.5) is 0 Å². The number of aryl methyl sites for hydroxylation is 2. The van der Waals surface area contributed by atoms with Crippen molar-refractivity contribution in [1.82, 2.24) is 19.9 Å². The topological polar surface area (TPSA) is 77.8 Å². The molecule has 1 amide bonds. The number of amides is 1. The van der Waals surface area contributed by atoms with E-state index in [1.165, 1.54) is 0 Å². The molecule has 0 unspecified atom stereocenters. The van der Waals surface area contributed by atoms with Crippen LogP contribution in [0.5, 0.6) is 11.5 Å². The first-order valence-corrected chi connectivity index (χ1v) is 10.2. The van der Waals surface area contributed by atoms with Gasteiger partial charge in [0.2, 0.25) is 5.91 Å². The van der Waals surface area contributed by atoms with E-state index in [1.54, 1.807) is 14.2 Å². The van der Waals surface area contributed by atoms with Crippen LogP contribution in [0.25, 0.3) is 16.6 Å². The maximum Gasteiger partial charge on any atom is 0.220 e. The van der Waals surface area contributed by atoms with Crippen LogP contribution < -0.4 is 14.8 Å². The third-order valence-corrected chi connectivity index (χ3v) is 5.59. The second-order valence-corrected chi connectivity index (χ2v) is 7.47. The van der Waals surface area contributed by atoms with Crippen molar-refractivity contribution in [2.24, 2.45) is 0 Å². The van der Waals surface area contributed by atoms with Gasteiger partial charge >= 0.3 is 0 Å². The van der Waals surface area contributed by atoms with Gasteiger partial charge in [0.1, 0.15) is 11.5 Å². The standard InChI is InChI=1S/C24H26N4O3/c1-15-19(16(2)28-24(26-15)20-7-5-6-8-21(20)27-28)11-12-23(29)25-14-17-9-10-18(30-3)13-22(17)31-4/h5-10,13H,11-12,14H2,1-4H3,(H,25,29). The quantitative estimate of drug-likeness (QED) is 0.494. The fourth-order valence-corrected chi connectivity index (χ4v) is 3.86. The van der Waals surface area contributed by atoms with E-state index in [2.05, 4.69) is 10.4 Å². The average molecular weight is 418 g/mol. The number of fused-ring (bicyclic) bond motifs is 3. The van der Waals surface area contributed by atoms with E-state index < -0.39 is 0 Å². The van der Waals surface area contributed by atoms with Crippen LogP contribution in [0.1, 0.15) is 28.9 Å². The molecule has 0 aliphatic rings. The third kappa shape index (κ3) is 4.03. The van der Waals surface area contributed by atoms with Crippen molar-refractivity contribution in [1.29, 1.82) is 0 Å². The van der Waals surface area contributed by atoms with Crippen LogP contribution in [0.3, 0.4) is 0 Å². The van der Waals surface area contributed by atoms with E-state index >= 15 is 0 Å². The van der Waals surface area contributed by atoms with Crippen molar-refractivity contribution in [3.05, 3.63) is 65.0 Å². The van der Waals surface area contributed by atoms with E-state index in [4.69, 9.17) is 14.5 Å². The number of aromatic nitrogens is 3. The highest BCUT2D eigenvalue weighted by Gasteiger charge is 2.15. The van der Waals surface area contributed by atoms with Gasteiger partial charge in [-0.1, -0.05) is 12.1 Å². The van der Waals surface area contributed by atoms with Crippen molar-refractivity contribution in [3.63, 3.8) is 0 Å². The Hall–Kier alpha value is -3.61. The van der Waals surface area contributed by atoms with Crippen LogP contribution in [-0.2, 0) is 17.8 Å². The summed E-state index contributed by atoms with van der Waals surface area (Å²) in [7, 11) is 3.21. The van der Waals surface area contributed by atoms with Crippen molar-refractivity contribution in [3.8, 4) is 11.5 Å². The molecule has 0 saturated carbocycles. The number of rotatable bonds is 7. The molecule has 31 heavy (non-hydrogen) atoms. The summed E-state index contributed by atoms with van der Waals surface area (Å²) in [5, 5.41) is 8.69. The number of methoxy groups -OCH3 is 2. The number of benzene rings is 2. The zero-order valence-electron chi connectivity index (χ0n) is 18.2. The Morgan fingerprint density at radius 1 is 1.10 bits per heavy atom. The summed E-state index contributed by atoms with van der Waals surface area (Å²) in [4.78, 5) is 17.3. The number of carbonyl (C=O) groups excluding carboxylic acids is 1. The molecule has 1 N–H and O–H groups in total. The molecule has 0 spiro atoms. The Morgan fingerprint density at radius 2 is 1.90 bits per heavy atom. The molecule has 0 fully saturated rings. The van der Waals surface area contributed by atoms with Crippen LogP contribution >= 0.6 is 0 Å². The Kier molecular flexibility index (Phi) is 5.75. The number of carbonyl (C=O) groups is 1. The summed E-state index contributed by atoms with van der Waals surface area (Å²) in [6.45, 7) is 4.42. The maximum absolute atomic E-state index is 12.5. The largest absolute Gasteiger partial charge is 0.497 e. The molecule has 4 aromatic rings. The highest BCUT2D eigenvalue weighted by molar-refractivity contribution is 5.92. The van der Waals surface area contributed by atoms with Crippen LogP contribution in [0.2, 0.25) is 0 Å². The average Bonchev–Trinajstić information content (AvgIpc) is 3.16. The van der Waals surface area contributed by atoms with Gasteiger partial charge in [0.25, 0.3) is 0 Å². The number of nitrogens with zero attached hydrogens (tertiary/aromatic N) is 3. The molecule has 2 aromatic carbocycles. The highest BCUT2D eigenvalue weighted by atomic mass is 16.5. The third-order valence-electron chi connectivity index (χ3n) is 5.59. The summed E-state index contributed by atoms with van der Waals surface area (Å²) in [6, 6.07) is 13.5. The Balaban J connectivity index is 1.46. The van der Waals surface area contributed by atoms with Gasteiger partial charge in [-0.25, -0.2) is 9.50 Å². The molecule has 0 radical (unpaired) electrons. The zero-order valence-corrected chi connectivity index (χ0v) is 18.2. The van der Waals surface area contributed by atoms with Gasteiger partial charge in [0.05, 0.1) is 19.7 Å². The number of nitrogens with one attached hydrogen (secondary N) is 1. The predicted molar refractivity (Wildman–Crippen MR) is 120 cm³/mol. The molecule has 0 aliphatic carbocycles. The van der Waals surface area contributed by atoms with Gasteiger partial charge in [-0.2, -0.15) is 5.10 Å². The second-order valence-electron chi connectivity index (χ2n) is 7.47. The van der Waals surface area contributed by atoms with Gasteiger partial charge in [-0.15, -0.1) is 0 Å². The van der Waals surface area contributed by atoms with E-state index in [-0.39, 0.29) is 5.91 Å². The minimum atomic E-state index is -0.0256. The molecule has 0 aliphatic heterocycles. The summed E-state index contributed by atoms with van der Waals surface area (Å²) in [6.07, 6.45) is 0.969. The van der Waals surface area contributed by atoms with Crippen molar-refractivity contribution < 1.29 is 14.3 Å². The van der Waals surface area contributed by atoms with E-state index in [1.807, 2.05) is 60.8 Å². The molecule has 0 atom stereocenters. The lowest BCUT2D eigenvalue weighted by molar-refractivity contribution is -0.121. The molecular formula is C24H26N4O3. The lowest BCUT2D eigenvalue weighted by Crippen LogP contribution is -2.23.